The van der Waals surface area contributed by atoms with E-state index in [-0.39, 0.29) is 36.4 Å². The molecule has 35 heavy (non-hydrogen) atoms. The molecule has 9 heteroatoms. The van der Waals surface area contributed by atoms with E-state index in [9.17, 15) is 19.5 Å². The SMILES string of the molecule is C=CCCCCOC(=O)[C@H]1[C@H]2C(=O)N(CCCO)C(C(=O)N(CC=C)CCCC)C23CC(Br)[C@@H]1O3. The molecule has 1 N–H and O–H groups in total. The van der Waals surface area contributed by atoms with Gasteiger partial charge in [0.1, 0.15) is 11.6 Å². The van der Waals surface area contributed by atoms with E-state index in [0.29, 0.717) is 25.9 Å². The lowest BCUT2D eigenvalue weighted by atomic mass is 9.70. The Hall–Kier alpha value is -1.71. The average Bonchev–Trinajstić information content (AvgIpc) is 3.43. The Balaban J connectivity index is 1.90. The van der Waals surface area contributed by atoms with Crippen LogP contribution in [0.3, 0.4) is 0 Å². The Kier molecular flexibility index (Phi) is 9.95. The number of ether oxygens (including phenoxy) is 2. The lowest BCUT2D eigenvalue weighted by molar-refractivity contribution is -0.155. The maximum absolute atomic E-state index is 13.9. The summed E-state index contributed by atoms with van der Waals surface area (Å²) in [6, 6.07) is -0.848. The third kappa shape index (κ3) is 5.37. The number of carbonyl (C=O) groups excluding carboxylic acids is 3. The minimum Gasteiger partial charge on any atom is -0.465 e. The minimum atomic E-state index is -1.10. The van der Waals surface area contributed by atoms with Crippen molar-refractivity contribution in [3.8, 4) is 0 Å². The van der Waals surface area contributed by atoms with E-state index in [0.717, 1.165) is 32.1 Å². The Labute approximate surface area is 216 Å². The predicted molar refractivity (Wildman–Crippen MR) is 136 cm³/mol. The first-order chi connectivity index (χ1) is 16.9. The van der Waals surface area contributed by atoms with Crippen molar-refractivity contribution in [2.24, 2.45) is 11.8 Å². The van der Waals surface area contributed by atoms with Gasteiger partial charge in [0.05, 0.1) is 24.5 Å². The van der Waals surface area contributed by atoms with Crippen molar-refractivity contribution in [2.45, 2.75) is 74.4 Å². The number of amides is 2. The number of hydrogen-bond acceptors (Lipinski definition) is 6. The quantitative estimate of drug-likeness (QED) is 0.145. The fourth-order valence-corrected chi connectivity index (χ4v) is 6.73. The zero-order valence-electron chi connectivity index (χ0n) is 20.7. The standard InChI is InChI=1S/C26H39BrN2O6/c1-4-7-9-10-16-34-25(33)19-20-23(31)29(14-11-15-30)22(26(20)17-18(27)21(19)35-26)24(32)28(12-6-3)13-8-5-2/h4,6,18-22,30H,1,3,5,7-17H2,2H3/t18?,19-,20-,21-,22?,26?/m0/s1. The number of aliphatic hydroxyl groups excluding tert-OH is 1. The number of fused-ring (bicyclic) bond motifs is 1. The van der Waals surface area contributed by atoms with Crippen LogP contribution < -0.4 is 0 Å². The highest BCUT2D eigenvalue weighted by Gasteiger charge is 2.77. The van der Waals surface area contributed by atoms with Crippen LogP contribution in [0.1, 0.15) is 51.9 Å². The third-order valence-corrected chi connectivity index (χ3v) is 8.19. The minimum absolute atomic E-state index is 0.102. The molecule has 3 saturated heterocycles. The summed E-state index contributed by atoms with van der Waals surface area (Å²) < 4.78 is 12.0. The zero-order chi connectivity index (χ0) is 25.6. The van der Waals surface area contributed by atoms with Crippen molar-refractivity contribution < 1.29 is 29.0 Å². The second-order valence-electron chi connectivity index (χ2n) is 9.65. The molecule has 0 aromatic heterocycles. The molecule has 0 aromatic rings. The summed E-state index contributed by atoms with van der Waals surface area (Å²) in [5.74, 6) is -2.43. The number of esters is 1. The molecule has 2 amide bonds. The Bertz CT molecular complexity index is 807. The van der Waals surface area contributed by atoms with E-state index >= 15 is 0 Å². The Morgan fingerprint density at radius 1 is 1.29 bits per heavy atom. The number of alkyl halides is 1. The second-order valence-corrected chi connectivity index (χ2v) is 10.8. The fraction of sp³-hybridized carbons (Fsp3) is 0.731. The molecule has 0 aliphatic carbocycles. The predicted octanol–water partition coefficient (Wildman–Crippen LogP) is 2.83. The van der Waals surface area contributed by atoms with Gasteiger partial charge >= 0.3 is 5.97 Å². The monoisotopic (exact) mass is 554 g/mol. The van der Waals surface area contributed by atoms with Gasteiger partial charge in [-0.25, -0.2) is 0 Å². The van der Waals surface area contributed by atoms with Gasteiger partial charge in [-0.05, 0) is 38.5 Å². The smallest absolute Gasteiger partial charge is 0.312 e. The number of unbranched alkanes of at least 4 members (excludes halogenated alkanes) is 3. The molecule has 2 bridgehead atoms. The summed E-state index contributed by atoms with van der Waals surface area (Å²) in [6.07, 6.45) is 7.99. The first kappa shape index (κ1) is 27.9. The molecular formula is C26H39BrN2O6. The first-order valence-electron chi connectivity index (χ1n) is 12.8. The lowest BCUT2D eigenvalue weighted by Gasteiger charge is -2.37. The van der Waals surface area contributed by atoms with Gasteiger partial charge < -0.3 is 24.4 Å². The number of hydrogen-bond donors (Lipinski definition) is 1. The molecular weight excluding hydrogens is 516 g/mol. The Morgan fingerprint density at radius 3 is 2.71 bits per heavy atom. The topological polar surface area (TPSA) is 96.4 Å². The number of rotatable bonds is 15. The summed E-state index contributed by atoms with van der Waals surface area (Å²) in [6.45, 7) is 10.9. The van der Waals surface area contributed by atoms with Crippen LogP contribution in [0.4, 0.5) is 0 Å². The largest absolute Gasteiger partial charge is 0.465 e. The summed E-state index contributed by atoms with van der Waals surface area (Å²) in [5.41, 5.74) is -1.10. The molecule has 3 heterocycles. The van der Waals surface area contributed by atoms with E-state index in [1.807, 2.05) is 6.08 Å². The van der Waals surface area contributed by atoms with Crippen LogP contribution in [-0.4, -0.2) is 88.1 Å². The molecule has 6 atom stereocenters. The molecule has 196 valence electrons. The van der Waals surface area contributed by atoms with Gasteiger partial charge in [0.25, 0.3) is 0 Å². The van der Waals surface area contributed by atoms with Crippen LogP contribution in [0.5, 0.6) is 0 Å². The number of nitrogens with zero attached hydrogens (tertiary/aromatic N) is 2. The van der Waals surface area contributed by atoms with E-state index in [1.54, 1.807) is 11.0 Å². The van der Waals surface area contributed by atoms with Crippen LogP contribution in [0.15, 0.2) is 25.3 Å². The van der Waals surface area contributed by atoms with E-state index < -0.39 is 35.6 Å². The zero-order valence-corrected chi connectivity index (χ0v) is 22.3. The van der Waals surface area contributed by atoms with Crippen molar-refractivity contribution in [1.29, 1.82) is 0 Å². The molecule has 3 unspecified atom stereocenters. The maximum atomic E-state index is 13.9. The van der Waals surface area contributed by atoms with Gasteiger partial charge in [-0.1, -0.05) is 41.4 Å². The number of likely N-dealkylation sites (tertiary alicyclic amines) is 1. The molecule has 3 aliphatic heterocycles. The fourth-order valence-electron chi connectivity index (χ4n) is 5.79. The van der Waals surface area contributed by atoms with Crippen LogP contribution in [0.25, 0.3) is 0 Å². The van der Waals surface area contributed by atoms with Crippen LogP contribution in [0.2, 0.25) is 0 Å². The van der Waals surface area contributed by atoms with Crippen LogP contribution in [-0.2, 0) is 23.9 Å². The van der Waals surface area contributed by atoms with Crippen LogP contribution in [0, 0.1) is 11.8 Å². The van der Waals surface area contributed by atoms with Gasteiger partial charge in [0.15, 0.2) is 0 Å². The number of aliphatic hydroxyl groups is 1. The van der Waals surface area contributed by atoms with Crippen molar-refractivity contribution in [2.75, 3.05) is 32.8 Å². The molecule has 3 rings (SSSR count). The third-order valence-electron chi connectivity index (χ3n) is 7.34. The van der Waals surface area contributed by atoms with Crippen LogP contribution >= 0.6 is 15.9 Å². The van der Waals surface area contributed by atoms with Gasteiger partial charge in [0.2, 0.25) is 11.8 Å². The molecule has 3 aliphatic rings. The summed E-state index contributed by atoms with van der Waals surface area (Å²) >= 11 is 3.66. The number of halogens is 1. The molecule has 0 aromatic carbocycles. The summed E-state index contributed by atoms with van der Waals surface area (Å²) in [7, 11) is 0. The van der Waals surface area contributed by atoms with Crippen molar-refractivity contribution in [3.63, 3.8) is 0 Å². The maximum Gasteiger partial charge on any atom is 0.312 e. The van der Waals surface area contributed by atoms with Gasteiger partial charge in [0, 0.05) is 31.1 Å². The van der Waals surface area contributed by atoms with Gasteiger partial charge in [-0.15, -0.1) is 13.2 Å². The highest BCUT2D eigenvalue weighted by molar-refractivity contribution is 9.09. The number of allylic oxidation sites excluding steroid dienone is 1. The molecule has 8 nitrogen and oxygen atoms in total. The first-order valence-corrected chi connectivity index (χ1v) is 13.7. The molecule has 3 fully saturated rings. The van der Waals surface area contributed by atoms with Gasteiger partial charge in [-0.2, -0.15) is 0 Å². The Morgan fingerprint density at radius 2 is 2.06 bits per heavy atom. The van der Waals surface area contributed by atoms with E-state index in [1.165, 1.54) is 4.90 Å². The lowest BCUT2D eigenvalue weighted by Crippen LogP contribution is -2.57. The van der Waals surface area contributed by atoms with Crippen molar-refractivity contribution >= 4 is 33.7 Å². The molecule has 0 radical (unpaired) electrons. The summed E-state index contributed by atoms with van der Waals surface area (Å²) in [5, 5.41) is 9.46. The highest BCUT2D eigenvalue weighted by atomic mass is 79.9. The van der Waals surface area contributed by atoms with Gasteiger partial charge in [-0.3, -0.25) is 14.4 Å². The van der Waals surface area contributed by atoms with E-state index in [2.05, 4.69) is 36.0 Å². The van der Waals surface area contributed by atoms with Crippen molar-refractivity contribution in [3.05, 3.63) is 25.3 Å². The van der Waals surface area contributed by atoms with E-state index in [4.69, 9.17) is 9.47 Å². The highest BCUT2D eigenvalue weighted by Crippen LogP contribution is 2.60. The average molecular weight is 556 g/mol. The second kappa shape index (κ2) is 12.5. The normalized spacial score (nSPS) is 30.9. The van der Waals surface area contributed by atoms with Crippen molar-refractivity contribution in [1.82, 2.24) is 9.80 Å². The summed E-state index contributed by atoms with van der Waals surface area (Å²) in [4.78, 5) is 44.0. The molecule has 0 saturated carbocycles. The molecule has 1 spiro atoms. The number of carbonyl (C=O) groups is 3.